The molecular formula is C23H31N5O6S. The third-order valence-electron chi connectivity index (χ3n) is 5.38. The molecule has 0 bridgehead atoms. The number of carbonyl (C=O) groups is 3. The van der Waals surface area contributed by atoms with Crippen molar-refractivity contribution in [3.8, 4) is 5.75 Å². The zero-order chi connectivity index (χ0) is 25.2. The summed E-state index contributed by atoms with van der Waals surface area (Å²) in [5, 5.41) is 5.20. The molecule has 1 aliphatic rings. The number of rotatable bonds is 9. The molecule has 0 spiro atoms. The van der Waals surface area contributed by atoms with E-state index in [4.69, 9.17) is 14.2 Å². The van der Waals surface area contributed by atoms with Gasteiger partial charge in [-0.25, -0.2) is 14.6 Å². The molecule has 1 aromatic heterocycles. The van der Waals surface area contributed by atoms with E-state index in [2.05, 4.69) is 10.3 Å². The molecule has 1 fully saturated rings. The molecule has 0 radical (unpaired) electrons. The van der Waals surface area contributed by atoms with Crippen LogP contribution in [0.5, 0.6) is 5.75 Å². The minimum atomic E-state index is -0.361. The van der Waals surface area contributed by atoms with Gasteiger partial charge in [0.05, 0.1) is 26.9 Å². The van der Waals surface area contributed by atoms with Crippen molar-refractivity contribution in [3.63, 3.8) is 0 Å². The molecule has 1 aliphatic heterocycles. The minimum Gasteiger partial charge on any atom is -0.497 e. The molecule has 11 nitrogen and oxygen atoms in total. The molecule has 2 heterocycles. The first-order valence-corrected chi connectivity index (χ1v) is 12.2. The molecule has 1 N–H and O–H groups in total. The molecular weight excluding hydrogens is 474 g/mol. The maximum absolute atomic E-state index is 12.9. The molecule has 1 saturated heterocycles. The summed E-state index contributed by atoms with van der Waals surface area (Å²) in [5.41, 5.74) is 0.965. The van der Waals surface area contributed by atoms with Crippen LogP contribution in [0.2, 0.25) is 0 Å². The zero-order valence-corrected chi connectivity index (χ0v) is 21.0. The summed E-state index contributed by atoms with van der Waals surface area (Å²) in [6, 6.07) is 6.74. The van der Waals surface area contributed by atoms with Crippen LogP contribution >= 0.6 is 11.3 Å². The molecule has 4 amide bonds. The van der Waals surface area contributed by atoms with Crippen molar-refractivity contribution in [2.75, 3.05) is 65.5 Å². The smallest absolute Gasteiger partial charge is 0.409 e. The Balaban J connectivity index is 1.59. The van der Waals surface area contributed by atoms with Gasteiger partial charge in [-0.15, -0.1) is 11.3 Å². The highest BCUT2D eigenvalue weighted by molar-refractivity contribution is 7.09. The Kier molecular flexibility index (Phi) is 9.67. The molecule has 2 aromatic rings. The lowest BCUT2D eigenvalue weighted by atomic mass is 10.3. The number of nitrogens with zero attached hydrogens (tertiary/aromatic N) is 4. The van der Waals surface area contributed by atoms with Gasteiger partial charge in [-0.05, 0) is 31.2 Å². The molecule has 190 valence electrons. The Morgan fingerprint density at radius 2 is 1.77 bits per heavy atom. The highest BCUT2D eigenvalue weighted by Gasteiger charge is 2.27. The van der Waals surface area contributed by atoms with Crippen molar-refractivity contribution < 1.29 is 28.6 Å². The topological polar surface area (TPSA) is 114 Å². The Bertz CT molecular complexity index is 991. The van der Waals surface area contributed by atoms with Crippen LogP contribution in [0.15, 0.2) is 29.6 Å². The molecule has 0 saturated carbocycles. The van der Waals surface area contributed by atoms with Crippen LogP contribution < -0.4 is 10.1 Å². The second-order valence-corrected chi connectivity index (χ2v) is 8.62. The third kappa shape index (κ3) is 7.30. The summed E-state index contributed by atoms with van der Waals surface area (Å²) in [7, 11) is 3.15. The summed E-state index contributed by atoms with van der Waals surface area (Å²) in [6.45, 7) is 4.68. The first-order chi connectivity index (χ1) is 16.9. The number of urea groups is 1. The van der Waals surface area contributed by atoms with E-state index in [-0.39, 0.29) is 24.6 Å². The molecule has 0 aliphatic carbocycles. The monoisotopic (exact) mass is 505 g/mol. The Labute approximate surface area is 208 Å². The lowest BCUT2D eigenvalue weighted by Crippen LogP contribution is -2.50. The zero-order valence-electron chi connectivity index (χ0n) is 20.2. The van der Waals surface area contributed by atoms with E-state index in [0.717, 1.165) is 0 Å². The summed E-state index contributed by atoms with van der Waals surface area (Å²) in [4.78, 5) is 47.0. The molecule has 35 heavy (non-hydrogen) atoms. The van der Waals surface area contributed by atoms with E-state index in [1.807, 2.05) is 0 Å². The Morgan fingerprint density at radius 1 is 1.09 bits per heavy atom. The number of anilines is 1. The molecule has 0 unspecified atom stereocenters. The molecule has 1 aromatic carbocycles. The fraction of sp³-hybridized carbons (Fsp3) is 0.478. The average molecular weight is 506 g/mol. The largest absolute Gasteiger partial charge is 0.497 e. The average Bonchev–Trinajstić information content (AvgIpc) is 3.35. The normalized spacial score (nSPS) is 13.3. The second-order valence-electron chi connectivity index (χ2n) is 7.68. The van der Waals surface area contributed by atoms with E-state index in [9.17, 15) is 14.4 Å². The number of thiazole rings is 1. The van der Waals surface area contributed by atoms with E-state index >= 15 is 0 Å². The number of hydrogen-bond acceptors (Lipinski definition) is 8. The van der Waals surface area contributed by atoms with Crippen LogP contribution in [-0.4, -0.2) is 97.9 Å². The lowest BCUT2D eigenvalue weighted by molar-refractivity contribution is 0.0566. The molecule has 12 heteroatoms. The van der Waals surface area contributed by atoms with E-state index in [1.54, 1.807) is 65.5 Å². The SMILES string of the molecule is CCOC(=O)N1CCN(C(=O)c2csc(CN(CCOC)C(=O)Nc3ccc(OC)cc3)n2)CC1. The first-order valence-electron chi connectivity index (χ1n) is 11.3. The number of ether oxygens (including phenoxy) is 3. The summed E-state index contributed by atoms with van der Waals surface area (Å²) < 4.78 is 15.3. The number of aromatic nitrogens is 1. The van der Waals surface area contributed by atoms with Crippen molar-refractivity contribution in [1.29, 1.82) is 0 Å². The highest BCUT2D eigenvalue weighted by atomic mass is 32.1. The number of carbonyl (C=O) groups excluding carboxylic acids is 3. The minimum absolute atomic E-state index is 0.192. The van der Waals surface area contributed by atoms with Crippen LogP contribution in [0.1, 0.15) is 22.4 Å². The van der Waals surface area contributed by atoms with Gasteiger partial charge in [0.15, 0.2) is 0 Å². The number of methoxy groups -OCH3 is 2. The van der Waals surface area contributed by atoms with Crippen LogP contribution in [0.25, 0.3) is 0 Å². The highest BCUT2D eigenvalue weighted by Crippen LogP contribution is 2.18. The van der Waals surface area contributed by atoms with Crippen molar-refractivity contribution in [2.24, 2.45) is 0 Å². The molecule has 0 atom stereocenters. The van der Waals surface area contributed by atoms with E-state index in [1.165, 1.54) is 11.3 Å². The van der Waals surface area contributed by atoms with Gasteiger partial charge in [0.25, 0.3) is 5.91 Å². The van der Waals surface area contributed by atoms with Crippen molar-refractivity contribution in [1.82, 2.24) is 19.7 Å². The van der Waals surface area contributed by atoms with E-state index in [0.29, 0.717) is 68.1 Å². The van der Waals surface area contributed by atoms with Crippen LogP contribution in [0, 0.1) is 0 Å². The fourth-order valence-corrected chi connectivity index (χ4v) is 4.23. The first kappa shape index (κ1) is 26.2. The second kappa shape index (κ2) is 12.9. The Hall–Kier alpha value is -3.38. The number of piperazine rings is 1. The summed E-state index contributed by atoms with van der Waals surface area (Å²) >= 11 is 1.32. The maximum Gasteiger partial charge on any atom is 0.409 e. The standard InChI is InChI=1S/C23H31N5O6S/c1-4-34-23(31)27-11-9-26(10-12-27)21(29)19-16-35-20(25-19)15-28(13-14-32-2)22(30)24-17-5-7-18(33-3)8-6-17/h5-8,16H,4,9-15H2,1-3H3,(H,24,30). The molecule has 3 rings (SSSR count). The van der Waals surface area contributed by atoms with Gasteiger partial charge in [-0.2, -0.15) is 0 Å². The number of hydrogen-bond donors (Lipinski definition) is 1. The van der Waals surface area contributed by atoms with Crippen LogP contribution in [-0.2, 0) is 16.0 Å². The van der Waals surface area contributed by atoms with Crippen molar-refractivity contribution in [3.05, 3.63) is 40.3 Å². The fourth-order valence-electron chi connectivity index (χ4n) is 3.44. The Morgan fingerprint density at radius 3 is 2.40 bits per heavy atom. The number of benzene rings is 1. The third-order valence-corrected chi connectivity index (χ3v) is 6.22. The maximum atomic E-state index is 12.9. The lowest BCUT2D eigenvalue weighted by Gasteiger charge is -2.33. The number of nitrogens with one attached hydrogen (secondary N) is 1. The van der Waals surface area contributed by atoms with Gasteiger partial charge < -0.3 is 34.2 Å². The number of amides is 4. The van der Waals surface area contributed by atoms with Gasteiger partial charge in [-0.1, -0.05) is 0 Å². The van der Waals surface area contributed by atoms with Gasteiger partial charge >= 0.3 is 12.1 Å². The van der Waals surface area contributed by atoms with Gasteiger partial charge in [0.1, 0.15) is 16.5 Å². The van der Waals surface area contributed by atoms with Gasteiger partial charge in [0, 0.05) is 50.9 Å². The summed E-state index contributed by atoms with van der Waals surface area (Å²) in [5.74, 6) is 0.503. The van der Waals surface area contributed by atoms with Crippen LogP contribution in [0.3, 0.4) is 0 Å². The predicted molar refractivity (Wildman–Crippen MR) is 131 cm³/mol. The van der Waals surface area contributed by atoms with Gasteiger partial charge in [-0.3, -0.25) is 4.79 Å². The van der Waals surface area contributed by atoms with Crippen molar-refractivity contribution in [2.45, 2.75) is 13.5 Å². The predicted octanol–water partition coefficient (Wildman–Crippen LogP) is 2.75. The summed E-state index contributed by atoms with van der Waals surface area (Å²) in [6.07, 6.45) is -0.361. The van der Waals surface area contributed by atoms with E-state index < -0.39 is 0 Å². The van der Waals surface area contributed by atoms with Gasteiger partial charge in [0.2, 0.25) is 0 Å². The quantitative estimate of drug-likeness (QED) is 0.557. The van der Waals surface area contributed by atoms with Crippen LogP contribution in [0.4, 0.5) is 15.3 Å². The van der Waals surface area contributed by atoms with Crippen molar-refractivity contribution >= 4 is 35.1 Å².